The average molecular weight is 277 g/mol. The van der Waals surface area contributed by atoms with Gasteiger partial charge in [0.15, 0.2) is 0 Å². The number of carbonyl (C=O) groups is 2. The molecule has 2 heterocycles. The van der Waals surface area contributed by atoms with Crippen LogP contribution in [0.4, 0.5) is 5.82 Å². The van der Waals surface area contributed by atoms with Crippen LogP contribution in [0.15, 0.2) is 18.3 Å². The van der Waals surface area contributed by atoms with Gasteiger partial charge in [0, 0.05) is 18.3 Å². The van der Waals surface area contributed by atoms with Gasteiger partial charge in [-0.25, -0.2) is 9.78 Å². The maximum absolute atomic E-state index is 11.8. The number of amides is 1. The summed E-state index contributed by atoms with van der Waals surface area (Å²) in [4.78, 5) is 29.0. The van der Waals surface area contributed by atoms with E-state index in [0.717, 1.165) is 12.8 Å². The smallest absolute Gasteiger partial charge is 0.329 e. The predicted molar refractivity (Wildman–Crippen MR) is 74.6 cm³/mol. The molecule has 1 atom stereocenters. The molecule has 6 nitrogen and oxygen atoms in total. The first-order valence-electron chi connectivity index (χ1n) is 6.78. The molecule has 2 rings (SSSR count). The summed E-state index contributed by atoms with van der Waals surface area (Å²) in [5.41, 5.74) is 4.69. The van der Waals surface area contributed by atoms with Crippen LogP contribution < -0.4 is 10.6 Å². The van der Waals surface area contributed by atoms with Crippen LogP contribution in [0.3, 0.4) is 0 Å². The third-order valence-electron chi connectivity index (χ3n) is 3.86. The molecule has 0 aliphatic carbocycles. The van der Waals surface area contributed by atoms with E-state index in [4.69, 9.17) is 5.73 Å². The number of carbonyl (C=O) groups excluding carboxylic acids is 1. The van der Waals surface area contributed by atoms with Gasteiger partial charge < -0.3 is 15.7 Å². The van der Waals surface area contributed by atoms with Crippen LogP contribution in [-0.4, -0.2) is 34.1 Å². The molecule has 0 aromatic carbocycles. The van der Waals surface area contributed by atoms with Gasteiger partial charge in [0.05, 0.1) is 0 Å². The van der Waals surface area contributed by atoms with Crippen molar-refractivity contribution >= 4 is 17.7 Å². The minimum absolute atomic E-state index is 0.345. The van der Waals surface area contributed by atoms with Crippen molar-refractivity contribution < 1.29 is 14.7 Å². The highest BCUT2D eigenvalue weighted by molar-refractivity contribution is 5.93. The Bertz CT molecular complexity index is 532. The van der Waals surface area contributed by atoms with E-state index in [2.05, 4.69) is 4.98 Å². The quantitative estimate of drug-likeness (QED) is 0.848. The molecule has 6 heteroatoms. The topological polar surface area (TPSA) is 96.5 Å². The van der Waals surface area contributed by atoms with Crippen LogP contribution in [0.1, 0.15) is 43.0 Å². The van der Waals surface area contributed by atoms with E-state index in [9.17, 15) is 14.7 Å². The number of pyridine rings is 1. The Balaban J connectivity index is 2.41. The molecule has 3 N–H and O–H groups in total. The zero-order valence-corrected chi connectivity index (χ0v) is 11.5. The van der Waals surface area contributed by atoms with Gasteiger partial charge in [-0.1, -0.05) is 13.3 Å². The van der Waals surface area contributed by atoms with Crippen molar-refractivity contribution in [3.63, 3.8) is 0 Å². The monoisotopic (exact) mass is 277 g/mol. The molecule has 1 aromatic rings. The molecule has 0 saturated carbocycles. The number of hydrogen-bond donors (Lipinski definition) is 2. The Kier molecular flexibility index (Phi) is 3.92. The lowest BCUT2D eigenvalue weighted by molar-refractivity contribution is -0.143. The fourth-order valence-electron chi connectivity index (χ4n) is 2.93. The zero-order valence-electron chi connectivity index (χ0n) is 11.5. The van der Waals surface area contributed by atoms with Crippen molar-refractivity contribution in [3.05, 3.63) is 23.9 Å². The summed E-state index contributed by atoms with van der Waals surface area (Å²) >= 11 is 0. The van der Waals surface area contributed by atoms with Gasteiger partial charge in [-0.15, -0.1) is 0 Å². The molecule has 1 aromatic heterocycles. The van der Waals surface area contributed by atoms with Crippen LogP contribution in [0, 0.1) is 0 Å². The van der Waals surface area contributed by atoms with Crippen LogP contribution in [-0.2, 0) is 4.79 Å². The predicted octanol–water partition coefficient (Wildman–Crippen LogP) is 1.40. The van der Waals surface area contributed by atoms with E-state index < -0.39 is 17.4 Å². The van der Waals surface area contributed by atoms with E-state index in [-0.39, 0.29) is 0 Å². The molecular formula is C14H19N3O3. The standard InChI is InChI=1S/C14H19N3O3/c1-2-5-14(13(19)20)6-3-8-17(14)11-9-10(12(15)18)4-7-16-11/h4,7,9H,2-3,5-6,8H2,1H3,(H2,15,18)(H,19,20). The second-order valence-corrected chi connectivity index (χ2v) is 5.11. The number of primary amides is 1. The van der Waals surface area contributed by atoms with Crippen molar-refractivity contribution in [1.29, 1.82) is 0 Å². The van der Waals surface area contributed by atoms with Crippen molar-refractivity contribution in [3.8, 4) is 0 Å². The highest BCUT2D eigenvalue weighted by Gasteiger charge is 2.47. The molecule has 1 aliphatic heterocycles. The first kappa shape index (κ1) is 14.3. The van der Waals surface area contributed by atoms with Gasteiger partial charge >= 0.3 is 5.97 Å². The molecule has 0 spiro atoms. The molecule has 0 radical (unpaired) electrons. The number of nitrogens with two attached hydrogens (primary N) is 1. The summed E-state index contributed by atoms with van der Waals surface area (Å²) in [5, 5.41) is 9.64. The molecule has 0 bridgehead atoms. The van der Waals surface area contributed by atoms with E-state index in [0.29, 0.717) is 30.8 Å². The van der Waals surface area contributed by atoms with Crippen LogP contribution in [0.2, 0.25) is 0 Å². The number of nitrogens with zero attached hydrogens (tertiary/aromatic N) is 2. The zero-order chi connectivity index (χ0) is 14.8. The fraction of sp³-hybridized carbons (Fsp3) is 0.500. The number of carboxylic acid groups (broad SMARTS) is 1. The first-order valence-corrected chi connectivity index (χ1v) is 6.78. The maximum atomic E-state index is 11.8. The summed E-state index contributed by atoms with van der Waals surface area (Å²) in [7, 11) is 0. The SMILES string of the molecule is CCCC1(C(=O)O)CCCN1c1cc(C(N)=O)ccn1. The fourth-order valence-corrected chi connectivity index (χ4v) is 2.93. The number of hydrogen-bond acceptors (Lipinski definition) is 4. The van der Waals surface area contributed by atoms with Gasteiger partial charge in [0.1, 0.15) is 11.4 Å². The molecular weight excluding hydrogens is 258 g/mol. The highest BCUT2D eigenvalue weighted by atomic mass is 16.4. The van der Waals surface area contributed by atoms with Crippen molar-refractivity contribution in [2.75, 3.05) is 11.4 Å². The van der Waals surface area contributed by atoms with Crippen molar-refractivity contribution in [1.82, 2.24) is 4.98 Å². The normalized spacial score (nSPS) is 21.9. The van der Waals surface area contributed by atoms with Gasteiger partial charge in [0.25, 0.3) is 0 Å². The lowest BCUT2D eigenvalue weighted by atomic mass is 9.90. The summed E-state index contributed by atoms with van der Waals surface area (Å²) in [6.45, 7) is 2.59. The Labute approximate surface area is 117 Å². The van der Waals surface area contributed by atoms with Crippen LogP contribution in [0.5, 0.6) is 0 Å². The number of rotatable bonds is 5. The van der Waals surface area contributed by atoms with Crippen LogP contribution >= 0.6 is 0 Å². The summed E-state index contributed by atoms with van der Waals surface area (Å²) in [6, 6.07) is 3.10. The molecule has 1 amide bonds. The molecule has 1 fully saturated rings. The van der Waals surface area contributed by atoms with Gasteiger partial charge in [-0.2, -0.15) is 0 Å². The third kappa shape index (κ3) is 2.33. The lowest BCUT2D eigenvalue weighted by Gasteiger charge is -2.35. The van der Waals surface area contributed by atoms with E-state index >= 15 is 0 Å². The number of aromatic nitrogens is 1. The Morgan fingerprint density at radius 2 is 2.30 bits per heavy atom. The minimum atomic E-state index is -0.919. The maximum Gasteiger partial charge on any atom is 0.329 e. The number of aliphatic carboxylic acids is 1. The summed E-state index contributed by atoms with van der Waals surface area (Å²) in [6.07, 6.45) is 4.23. The molecule has 108 valence electrons. The third-order valence-corrected chi connectivity index (χ3v) is 3.86. The second-order valence-electron chi connectivity index (χ2n) is 5.11. The molecule has 1 unspecified atom stereocenters. The molecule has 1 aliphatic rings. The lowest BCUT2D eigenvalue weighted by Crippen LogP contribution is -2.51. The minimum Gasteiger partial charge on any atom is -0.479 e. The largest absolute Gasteiger partial charge is 0.479 e. The van der Waals surface area contributed by atoms with E-state index in [1.54, 1.807) is 11.0 Å². The Hall–Kier alpha value is -2.11. The average Bonchev–Trinajstić information content (AvgIpc) is 2.84. The Morgan fingerprint density at radius 3 is 2.90 bits per heavy atom. The van der Waals surface area contributed by atoms with E-state index in [1.165, 1.54) is 12.3 Å². The van der Waals surface area contributed by atoms with Gasteiger partial charge in [0.2, 0.25) is 5.91 Å². The molecule has 20 heavy (non-hydrogen) atoms. The summed E-state index contributed by atoms with van der Waals surface area (Å²) < 4.78 is 0. The molecule has 1 saturated heterocycles. The second kappa shape index (κ2) is 5.48. The number of carboxylic acids is 1. The Morgan fingerprint density at radius 1 is 1.55 bits per heavy atom. The van der Waals surface area contributed by atoms with Crippen molar-refractivity contribution in [2.24, 2.45) is 5.73 Å². The number of anilines is 1. The summed E-state index contributed by atoms with van der Waals surface area (Å²) in [5.74, 6) is -0.859. The van der Waals surface area contributed by atoms with Gasteiger partial charge in [-0.05, 0) is 31.4 Å². The highest BCUT2D eigenvalue weighted by Crippen LogP contribution is 2.37. The van der Waals surface area contributed by atoms with Gasteiger partial charge in [-0.3, -0.25) is 4.79 Å². The van der Waals surface area contributed by atoms with Crippen LogP contribution in [0.25, 0.3) is 0 Å². The van der Waals surface area contributed by atoms with E-state index in [1.807, 2.05) is 6.92 Å². The van der Waals surface area contributed by atoms with Crippen molar-refractivity contribution in [2.45, 2.75) is 38.1 Å². The first-order chi connectivity index (χ1) is 9.51.